The van der Waals surface area contributed by atoms with Crippen LogP contribution in [0.3, 0.4) is 0 Å². The summed E-state index contributed by atoms with van der Waals surface area (Å²) in [4.78, 5) is 26.2. The molecule has 1 aromatic heterocycles. The summed E-state index contributed by atoms with van der Waals surface area (Å²) in [6.07, 6.45) is 8.42. The molecule has 0 saturated carbocycles. The van der Waals surface area contributed by atoms with E-state index in [1.165, 1.54) is 24.0 Å². The monoisotopic (exact) mass is 393 g/mol. The van der Waals surface area contributed by atoms with Gasteiger partial charge in [0.2, 0.25) is 0 Å². The Morgan fingerprint density at radius 2 is 1.86 bits per heavy atom. The van der Waals surface area contributed by atoms with E-state index in [0.29, 0.717) is 0 Å². The topological polar surface area (TPSA) is 63.1 Å². The number of hydrogen-bond donors (Lipinski definition) is 2. The van der Waals surface area contributed by atoms with Crippen molar-refractivity contribution in [3.8, 4) is 0 Å². The molecule has 0 spiro atoms. The van der Waals surface area contributed by atoms with Gasteiger partial charge in [0.25, 0.3) is 11.5 Å². The molecular formula is C24H31N3O2. The summed E-state index contributed by atoms with van der Waals surface area (Å²) in [6, 6.07) is 8.45. The second-order valence-electron chi connectivity index (χ2n) is 8.50. The van der Waals surface area contributed by atoms with Gasteiger partial charge in [-0.2, -0.15) is 0 Å². The lowest BCUT2D eigenvalue weighted by Gasteiger charge is -2.25. The molecule has 29 heavy (non-hydrogen) atoms. The van der Waals surface area contributed by atoms with Crippen molar-refractivity contribution >= 4 is 5.91 Å². The van der Waals surface area contributed by atoms with Gasteiger partial charge in [-0.15, -0.1) is 0 Å². The van der Waals surface area contributed by atoms with Crippen LogP contribution in [0, 0.1) is 6.92 Å². The van der Waals surface area contributed by atoms with Crippen LogP contribution in [0.4, 0.5) is 0 Å². The quantitative estimate of drug-likeness (QED) is 0.836. The fourth-order valence-corrected chi connectivity index (χ4v) is 4.66. The molecule has 1 unspecified atom stereocenters. The smallest absolute Gasteiger partial charge is 0.263 e. The SMILES string of the molecule is Cc1ccn(C2CCNCC2)c(=O)c1C(=O)NC(C)c1ccc2c(c1)CCCC2. The average molecular weight is 394 g/mol. The third-order valence-electron chi connectivity index (χ3n) is 6.48. The van der Waals surface area contributed by atoms with Crippen LogP contribution in [0.2, 0.25) is 0 Å². The molecule has 154 valence electrons. The number of nitrogens with one attached hydrogen (secondary N) is 2. The number of pyridine rings is 1. The van der Waals surface area contributed by atoms with Crippen LogP contribution in [0.15, 0.2) is 35.3 Å². The van der Waals surface area contributed by atoms with E-state index < -0.39 is 0 Å². The van der Waals surface area contributed by atoms with E-state index in [9.17, 15) is 9.59 Å². The van der Waals surface area contributed by atoms with Crippen LogP contribution in [-0.4, -0.2) is 23.6 Å². The van der Waals surface area contributed by atoms with Crippen molar-refractivity contribution in [1.82, 2.24) is 15.2 Å². The summed E-state index contributed by atoms with van der Waals surface area (Å²) >= 11 is 0. The van der Waals surface area contributed by atoms with Crippen molar-refractivity contribution in [2.24, 2.45) is 0 Å². The van der Waals surface area contributed by atoms with Gasteiger partial charge in [-0.05, 0) is 93.8 Å². The zero-order valence-electron chi connectivity index (χ0n) is 17.5. The summed E-state index contributed by atoms with van der Waals surface area (Å²) in [5, 5.41) is 6.39. The molecule has 4 rings (SSSR count). The van der Waals surface area contributed by atoms with E-state index in [1.807, 2.05) is 26.1 Å². The van der Waals surface area contributed by atoms with Gasteiger partial charge in [0.1, 0.15) is 5.56 Å². The summed E-state index contributed by atoms with van der Waals surface area (Å²) in [5.41, 5.74) is 4.77. The molecule has 0 radical (unpaired) electrons. The first-order valence-electron chi connectivity index (χ1n) is 10.9. The maximum atomic E-state index is 13.1. The standard InChI is InChI=1S/C24H31N3O2/c1-16-11-14-27(21-9-12-25-13-10-21)24(29)22(16)23(28)26-17(2)19-8-7-18-5-3-4-6-20(18)15-19/h7-8,11,14-15,17,21,25H,3-6,9-10,12-13H2,1-2H3,(H,26,28). The number of rotatable bonds is 4. The minimum absolute atomic E-state index is 0.138. The number of benzene rings is 1. The fourth-order valence-electron chi connectivity index (χ4n) is 4.66. The van der Waals surface area contributed by atoms with Crippen LogP contribution >= 0.6 is 0 Å². The number of aromatic nitrogens is 1. The molecule has 2 N–H and O–H groups in total. The predicted octanol–water partition coefficient (Wildman–Crippen LogP) is 3.45. The number of hydrogen-bond acceptors (Lipinski definition) is 3. The van der Waals surface area contributed by atoms with Crippen molar-refractivity contribution in [2.45, 2.75) is 64.5 Å². The molecule has 5 heteroatoms. The molecule has 2 heterocycles. The molecule has 1 saturated heterocycles. The van der Waals surface area contributed by atoms with E-state index in [-0.39, 0.29) is 29.1 Å². The van der Waals surface area contributed by atoms with Gasteiger partial charge in [0.05, 0.1) is 6.04 Å². The van der Waals surface area contributed by atoms with Gasteiger partial charge >= 0.3 is 0 Å². The molecule has 1 aliphatic heterocycles. The number of nitrogens with zero attached hydrogens (tertiary/aromatic N) is 1. The Kier molecular flexibility index (Phi) is 5.86. The molecular weight excluding hydrogens is 362 g/mol. The Morgan fingerprint density at radius 1 is 1.14 bits per heavy atom. The molecule has 1 aromatic carbocycles. The highest BCUT2D eigenvalue weighted by molar-refractivity contribution is 5.95. The van der Waals surface area contributed by atoms with E-state index in [2.05, 4.69) is 28.8 Å². The van der Waals surface area contributed by atoms with E-state index in [1.54, 1.807) is 4.57 Å². The van der Waals surface area contributed by atoms with Crippen LogP contribution < -0.4 is 16.2 Å². The second kappa shape index (κ2) is 8.54. The largest absolute Gasteiger partial charge is 0.345 e. The van der Waals surface area contributed by atoms with Gasteiger partial charge in [0.15, 0.2) is 0 Å². The maximum absolute atomic E-state index is 13.1. The summed E-state index contributed by atoms with van der Waals surface area (Å²) in [5.74, 6) is -0.277. The second-order valence-corrected chi connectivity index (χ2v) is 8.50. The average Bonchev–Trinajstić information content (AvgIpc) is 2.74. The summed E-state index contributed by atoms with van der Waals surface area (Å²) in [6.45, 7) is 5.64. The highest BCUT2D eigenvalue weighted by Gasteiger charge is 2.22. The van der Waals surface area contributed by atoms with Gasteiger partial charge in [-0.3, -0.25) is 9.59 Å². The lowest BCUT2D eigenvalue weighted by molar-refractivity contribution is 0.0936. The minimum Gasteiger partial charge on any atom is -0.345 e. The summed E-state index contributed by atoms with van der Waals surface area (Å²) in [7, 11) is 0. The Balaban J connectivity index is 1.55. The van der Waals surface area contributed by atoms with Crippen molar-refractivity contribution < 1.29 is 4.79 Å². The van der Waals surface area contributed by atoms with Gasteiger partial charge < -0.3 is 15.2 Å². The number of carbonyl (C=O) groups is 1. The van der Waals surface area contributed by atoms with E-state index >= 15 is 0 Å². The molecule has 1 aliphatic carbocycles. The van der Waals surface area contributed by atoms with E-state index in [0.717, 1.165) is 49.9 Å². The van der Waals surface area contributed by atoms with Crippen LogP contribution in [0.5, 0.6) is 0 Å². The third kappa shape index (κ3) is 4.15. The summed E-state index contributed by atoms with van der Waals surface area (Å²) < 4.78 is 1.76. The Bertz CT molecular complexity index is 957. The van der Waals surface area contributed by atoms with Gasteiger partial charge in [0, 0.05) is 12.2 Å². The zero-order chi connectivity index (χ0) is 20.4. The molecule has 5 nitrogen and oxygen atoms in total. The normalized spacial score (nSPS) is 18.1. The molecule has 2 aliphatic rings. The number of amides is 1. The first-order valence-corrected chi connectivity index (χ1v) is 10.9. The zero-order valence-corrected chi connectivity index (χ0v) is 17.5. The first-order chi connectivity index (χ1) is 14.0. The Hall–Kier alpha value is -2.40. The highest BCUT2D eigenvalue weighted by Crippen LogP contribution is 2.25. The lowest BCUT2D eigenvalue weighted by atomic mass is 9.89. The predicted molar refractivity (Wildman–Crippen MR) is 116 cm³/mol. The minimum atomic E-state index is -0.277. The number of carbonyl (C=O) groups excluding carboxylic acids is 1. The molecule has 0 bridgehead atoms. The molecule has 1 atom stereocenters. The molecule has 2 aromatic rings. The van der Waals surface area contributed by atoms with E-state index in [4.69, 9.17) is 0 Å². The van der Waals surface area contributed by atoms with Crippen LogP contribution in [0.25, 0.3) is 0 Å². The first kappa shape index (κ1) is 19.9. The maximum Gasteiger partial charge on any atom is 0.263 e. The number of fused-ring (bicyclic) bond motifs is 1. The van der Waals surface area contributed by atoms with Crippen LogP contribution in [0.1, 0.15) is 77.3 Å². The lowest BCUT2D eigenvalue weighted by Crippen LogP contribution is -2.39. The highest BCUT2D eigenvalue weighted by atomic mass is 16.2. The van der Waals surface area contributed by atoms with Crippen molar-refractivity contribution in [3.05, 3.63) is 68.6 Å². The Labute approximate surface area is 172 Å². The van der Waals surface area contributed by atoms with Crippen molar-refractivity contribution in [1.29, 1.82) is 0 Å². The third-order valence-corrected chi connectivity index (χ3v) is 6.48. The Morgan fingerprint density at radius 3 is 2.62 bits per heavy atom. The fraction of sp³-hybridized carbons (Fsp3) is 0.500. The van der Waals surface area contributed by atoms with Crippen molar-refractivity contribution in [3.63, 3.8) is 0 Å². The van der Waals surface area contributed by atoms with Crippen LogP contribution in [-0.2, 0) is 12.8 Å². The van der Waals surface area contributed by atoms with Gasteiger partial charge in [-0.1, -0.05) is 18.2 Å². The van der Waals surface area contributed by atoms with Crippen molar-refractivity contribution in [2.75, 3.05) is 13.1 Å². The number of aryl methyl sites for hydroxylation is 3. The molecule has 1 amide bonds. The molecule has 1 fully saturated rings. The van der Waals surface area contributed by atoms with Gasteiger partial charge in [-0.25, -0.2) is 0 Å². The number of piperidine rings is 1.